The second-order valence-corrected chi connectivity index (χ2v) is 6.14. The fraction of sp³-hybridized carbons (Fsp3) is 1.00. The Hall–Kier alpha value is -0.0800. The van der Waals surface area contributed by atoms with Crippen LogP contribution in [0.1, 0.15) is 53.4 Å². The summed E-state index contributed by atoms with van der Waals surface area (Å²) in [5, 5.41) is 13.0. The molecule has 1 fully saturated rings. The van der Waals surface area contributed by atoms with Crippen LogP contribution in [-0.2, 0) is 0 Å². The molecule has 0 heterocycles. The van der Waals surface area contributed by atoms with Gasteiger partial charge in [-0.2, -0.15) is 0 Å². The highest BCUT2D eigenvalue weighted by molar-refractivity contribution is 4.91. The lowest BCUT2D eigenvalue weighted by Gasteiger charge is -2.33. The molecule has 90 valence electrons. The van der Waals surface area contributed by atoms with Gasteiger partial charge in [0.2, 0.25) is 0 Å². The number of nitrogens with one attached hydrogen (secondary N) is 1. The van der Waals surface area contributed by atoms with Gasteiger partial charge in [-0.1, -0.05) is 34.1 Å². The van der Waals surface area contributed by atoms with Crippen molar-refractivity contribution in [3.05, 3.63) is 0 Å². The van der Waals surface area contributed by atoms with Crippen LogP contribution < -0.4 is 5.32 Å². The first kappa shape index (κ1) is 13.0. The maximum atomic E-state index is 9.35. The largest absolute Gasteiger partial charge is 0.396 e. The molecule has 0 aromatic carbocycles. The number of aliphatic hydroxyl groups is 1. The molecule has 2 heteroatoms. The smallest absolute Gasteiger partial charge is 0.0496 e. The van der Waals surface area contributed by atoms with E-state index in [1.54, 1.807) is 0 Å². The van der Waals surface area contributed by atoms with Gasteiger partial charge in [-0.3, -0.25) is 0 Å². The molecule has 15 heavy (non-hydrogen) atoms. The summed E-state index contributed by atoms with van der Waals surface area (Å²) in [5.41, 5.74) is 0.489. The highest BCUT2D eigenvalue weighted by Gasteiger charge is 2.35. The van der Waals surface area contributed by atoms with Crippen LogP contribution in [0.5, 0.6) is 0 Å². The number of hydrogen-bond acceptors (Lipinski definition) is 2. The summed E-state index contributed by atoms with van der Waals surface area (Å²) >= 11 is 0. The molecule has 0 saturated heterocycles. The Bertz CT molecular complexity index is 197. The molecule has 1 aliphatic rings. The number of rotatable bonds is 5. The molecule has 2 unspecified atom stereocenters. The van der Waals surface area contributed by atoms with Crippen LogP contribution in [0.15, 0.2) is 0 Å². The lowest BCUT2D eigenvalue weighted by molar-refractivity contribution is 0.124. The number of hydrogen-bond donors (Lipinski definition) is 2. The summed E-state index contributed by atoms with van der Waals surface area (Å²) in [4.78, 5) is 0. The molecule has 2 N–H and O–H groups in total. The highest BCUT2D eigenvalue weighted by atomic mass is 16.3. The van der Waals surface area contributed by atoms with Gasteiger partial charge in [0.15, 0.2) is 0 Å². The van der Waals surface area contributed by atoms with Crippen LogP contribution in [0, 0.1) is 10.8 Å². The van der Waals surface area contributed by atoms with Crippen molar-refractivity contribution in [3.63, 3.8) is 0 Å². The monoisotopic (exact) mass is 213 g/mol. The van der Waals surface area contributed by atoms with Crippen molar-refractivity contribution in [2.75, 3.05) is 13.2 Å². The van der Waals surface area contributed by atoms with E-state index in [0.29, 0.717) is 11.5 Å². The fourth-order valence-electron chi connectivity index (χ4n) is 2.37. The number of aliphatic hydroxyl groups excluding tert-OH is 1. The van der Waals surface area contributed by atoms with Crippen molar-refractivity contribution < 1.29 is 5.11 Å². The van der Waals surface area contributed by atoms with E-state index in [-0.39, 0.29) is 12.0 Å². The van der Waals surface area contributed by atoms with Gasteiger partial charge in [-0.25, -0.2) is 0 Å². The van der Waals surface area contributed by atoms with Crippen molar-refractivity contribution in [2.45, 2.75) is 59.4 Å². The minimum absolute atomic E-state index is 0.0542. The first-order chi connectivity index (χ1) is 6.93. The molecule has 0 aliphatic heterocycles. The predicted molar refractivity (Wildman–Crippen MR) is 64.9 cm³/mol. The van der Waals surface area contributed by atoms with E-state index in [1.807, 2.05) is 0 Å². The minimum atomic E-state index is 0.0542. The summed E-state index contributed by atoms with van der Waals surface area (Å²) in [6, 6.07) is 0.634. The summed E-state index contributed by atoms with van der Waals surface area (Å²) in [6.45, 7) is 10.2. The molecule has 0 aromatic rings. The van der Waals surface area contributed by atoms with Gasteiger partial charge in [0.1, 0.15) is 0 Å². The summed E-state index contributed by atoms with van der Waals surface area (Å²) < 4.78 is 0. The van der Waals surface area contributed by atoms with Crippen LogP contribution in [0.4, 0.5) is 0 Å². The Morgan fingerprint density at radius 2 is 2.13 bits per heavy atom. The SMILES string of the molecule is CCC(C)(CO)CNC1CCCC1(C)C. The molecule has 0 bridgehead atoms. The Balaban J connectivity index is 2.43. The Kier molecular flexibility index (Phi) is 4.19. The molecular weight excluding hydrogens is 186 g/mol. The van der Waals surface area contributed by atoms with Gasteiger partial charge < -0.3 is 10.4 Å². The normalized spacial score (nSPS) is 29.0. The van der Waals surface area contributed by atoms with E-state index in [1.165, 1.54) is 19.3 Å². The van der Waals surface area contributed by atoms with Crippen molar-refractivity contribution in [1.29, 1.82) is 0 Å². The van der Waals surface area contributed by atoms with Gasteiger partial charge >= 0.3 is 0 Å². The predicted octanol–water partition coefficient (Wildman–Crippen LogP) is 2.56. The van der Waals surface area contributed by atoms with E-state index in [2.05, 4.69) is 33.0 Å². The fourth-order valence-corrected chi connectivity index (χ4v) is 2.37. The minimum Gasteiger partial charge on any atom is -0.396 e. The van der Waals surface area contributed by atoms with E-state index < -0.39 is 0 Å². The zero-order valence-electron chi connectivity index (χ0n) is 10.8. The molecule has 2 atom stereocenters. The lowest BCUT2D eigenvalue weighted by atomic mass is 9.84. The van der Waals surface area contributed by atoms with Crippen LogP contribution in [0.3, 0.4) is 0 Å². The average Bonchev–Trinajstić information content (AvgIpc) is 2.54. The van der Waals surface area contributed by atoms with Crippen molar-refractivity contribution >= 4 is 0 Å². The summed E-state index contributed by atoms with van der Waals surface area (Å²) in [6.07, 6.45) is 4.99. The molecule has 0 aromatic heterocycles. The zero-order valence-corrected chi connectivity index (χ0v) is 10.8. The third-order valence-electron chi connectivity index (χ3n) is 4.27. The van der Waals surface area contributed by atoms with E-state index >= 15 is 0 Å². The van der Waals surface area contributed by atoms with E-state index in [0.717, 1.165) is 13.0 Å². The summed E-state index contributed by atoms with van der Waals surface area (Å²) in [5.74, 6) is 0. The Labute approximate surface area is 94.5 Å². The maximum Gasteiger partial charge on any atom is 0.0496 e. The second-order valence-electron chi connectivity index (χ2n) is 6.14. The van der Waals surface area contributed by atoms with Crippen LogP contribution in [0.2, 0.25) is 0 Å². The average molecular weight is 213 g/mol. The highest BCUT2D eigenvalue weighted by Crippen LogP contribution is 2.37. The van der Waals surface area contributed by atoms with Crippen molar-refractivity contribution in [1.82, 2.24) is 5.32 Å². The van der Waals surface area contributed by atoms with Gasteiger partial charge in [0, 0.05) is 24.6 Å². The maximum absolute atomic E-state index is 9.35. The van der Waals surface area contributed by atoms with Crippen molar-refractivity contribution in [3.8, 4) is 0 Å². The van der Waals surface area contributed by atoms with Crippen molar-refractivity contribution in [2.24, 2.45) is 10.8 Å². The Morgan fingerprint density at radius 3 is 2.53 bits per heavy atom. The van der Waals surface area contributed by atoms with E-state index in [4.69, 9.17) is 0 Å². The quantitative estimate of drug-likeness (QED) is 0.735. The molecular formula is C13H27NO. The molecule has 2 nitrogen and oxygen atoms in total. The standard InChI is InChI=1S/C13H27NO/c1-5-13(4,10-15)9-14-11-7-6-8-12(11,2)3/h11,14-15H,5-10H2,1-4H3. The third-order valence-corrected chi connectivity index (χ3v) is 4.27. The van der Waals surface area contributed by atoms with Gasteiger partial charge in [0.25, 0.3) is 0 Å². The van der Waals surface area contributed by atoms with Gasteiger partial charge in [0.05, 0.1) is 0 Å². The van der Waals surface area contributed by atoms with Gasteiger partial charge in [-0.05, 0) is 24.7 Å². The zero-order chi connectivity index (χ0) is 11.5. The molecule has 0 spiro atoms. The lowest BCUT2D eigenvalue weighted by Crippen LogP contribution is -2.44. The summed E-state index contributed by atoms with van der Waals surface area (Å²) in [7, 11) is 0. The van der Waals surface area contributed by atoms with Crippen LogP contribution in [0.25, 0.3) is 0 Å². The molecule has 1 saturated carbocycles. The topological polar surface area (TPSA) is 32.3 Å². The van der Waals surface area contributed by atoms with Gasteiger partial charge in [-0.15, -0.1) is 0 Å². The molecule has 0 radical (unpaired) electrons. The second kappa shape index (κ2) is 4.84. The third kappa shape index (κ3) is 3.18. The molecule has 0 amide bonds. The Morgan fingerprint density at radius 1 is 1.47 bits per heavy atom. The first-order valence-electron chi connectivity index (χ1n) is 6.28. The molecule has 1 rings (SSSR count). The van der Waals surface area contributed by atoms with Crippen LogP contribution in [-0.4, -0.2) is 24.3 Å². The molecule has 1 aliphatic carbocycles. The first-order valence-corrected chi connectivity index (χ1v) is 6.28. The van der Waals surface area contributed by atoms with Crippen LogP contribution >= 0.6 is 0 Å². The van der Waals surface area contributed by atoms with E-state index in [9.17, 15) is 5.11 Å².